The molecule has 0 unspecified atom stereocenters. The topological polar surface area (TPSA) is 91.8 Å². The second-order valence-corrected chi connectivity index (χ2v) is 3.97. The van der Waals surface area contributed by atoms with Crippen molar-refractivity contribution < 1.29 is 23.5 Å². The summed E-state index contributed by atoms with van der Waals surface area (Å²) in [7, 11) is 1.48. The van der Waals surface area contributed by atoms with Crippen LogP contribution in [0.3, 0.4) is 0 Å². The van der Waals surface area contributed by atoms with E-state index in [1.807, 2.05) is 0 Å². The van der Waals surface area contributed by atoms with E-state index in [0.717, 1.165) is 0 Å². The number of nitrogens with two attached hydrogens (primary N) is 1. The average Bonchev–Trinajstić information content (AvgIpc) is 2.92. The third kappa shape index (κ3) is 3.17. The molecule has 0 bridgehead atoms. The normalized spacial score (nSPS) is 10.1. The maximum Gasteiger partial charge on any atom is 0.248 e. The van der Waals surface area contributed by atoms with Crippen molar-refractivity contribution >= 4 is 12.2 Å². The molecule has 1 heterocycles. The Balaban J connectivity index is 2.13. The molecule has 0 radical (unpaired) electrons. The maximum absolute atomic E-state index is 11.2. The Morgan fingerprint density at radius 1 is 1.30 bits per heavy atom. The fourth-order valence-electron chi connectivity index (χ4n) is 1.61. The molecule has 0 saturated carbocycles. The minimum atomic E-state index is -0.574. The zero-order valence-electron chi connectivity index (χ0n) is 10.8. The molecule has 0 aliphatic rings. The number of primary amides is 1. The van der Waals surface area contributed by atoms with Gasteiger partial charge in [-0.3, -0.25) is 9.59 Å². The molecule has 0 fully saturated rings. The van der Waals surface area contributed by atoms with E-state index in [1.165, 1.54) is 19.2 Å². The van der Waals surface area contributed by atoms with E-state index in [0.29, 0.717) is 23.5 Å². The second kappa shape index (κ2) is 5.92. The number of hydrogen-bond donors (Lipinski definition) is 1. The van der Waals surface area contributed by atoms with Crippen LogP contribution >= 0.6 is 0 Å². The summed E-state index contributed by atoms with van der Waals surface area (Å²) in [5.74, 6) is 1.03. The highest BCUT2D eigenvalue weighted by atomic mass is 16.5. The largest absolute Gasteiger partial charge is 0.497 e. The standard InChI is InChI=1S/C14H13NO5/c1-18-12-4-9(14(15)17)5-13(6-12)19-8-11-3-2-10(7-16)20-11/h2-7H,8H2,1H3,(H2,15,17). The Bertz CT molecular complexity index is 632. The van der Waals surface area contributed by atoms with Crippen molar-refractivity contribution in [2.24, 2.45) is 5.73 Å². The third-order valence-electron chi connectivity index (χ3n) is 2.58. The first-order valence-electron chi connectivity index (χ1n) is 5.78. The summed E-state index contributed by atoms with van der Waals surface area (Å²) in [5, 5.41) is 0. The first kappa shape index (κ1) is 13.7. The monoisotopic (exact) mass is 275 g/mol. The van der Waals surface area contributed by atoms with Crippen molar-refractivity contribution in [1.29, 1.82) is 0 Å². The number of methoxy groups -OCH3 is 1. The first-order chi connectivity index (χ1) is 9.62. The van der Waals surface area contributed by atoms with Crippen molar-refractivity contribution in [3.05, 3.63) is 47.4 Å². The van der Waals surface area contributed by atoms with Gasteiger partial charge in [0, 0.05) is 11.6 Å². The van der Waals surface area contributed by atoms with Gasteiger partial charge in [0.2, 0.25) is 5.91 Å². The lowest BCUT2D eigenvalue weighted by molar-refractivity contribution is 0.0998. The van der Waals surface area contributed by atoms with E-state index >= 15 is 0 Å². The van der Waals surface area contributed by atoms with Crippen LogP contribution in [0.25, 0.3) is 0 Å². The smallest absolute Gasteiger partial charge is 0.248 e. The summed E-state index contributed by atoms with van der Waals surface area (Å²) in [4.78, 5) is 21.7. The van der Waals surface area contributed by atoms with Crippen LogP contribution < -0.4 is 15.2 Å². The number of hydrogen-bond acceptors (Lipinski definition) is 5. The van der Waals surface area contributed by atoms with Crippen molar-refractivity contribution in [3.63, 3.8) is 0 Å². The van der Waals surface area contributed by atoms with Crippen LogP contribution in [-0.4, -0.2) is 19.3 Å². The molecule has 0 aliphatic carbocycles. The van der Waals surface area contributed by atoms with Gasteiger partial charge < -0.3 is 19.6 Å². The van der Waals surface area contributed by atoms with Gasteiger partial charge in [0.1, 0.15) is 23.9 Å². The summed E-state index contributed by atoms with van der Waals surface area (Å²) in [5.41, 5.74) is 5.51. The highest BCUT2D eigenvalue weighted by molar-refractivity contribution is 5.93. The maximum atomic E-state index is 11.2. The molecule has 0 atom stereocenters. The van der Waals surface area contributed by atoms with Gasteiger partial charge in [-0.2, -0.15) is 0 Å². The van der Waals surface area contributed by atoms with Crippen LogP contribution in [0.1, 0.15) is 26.7 Å². The van der Waals surface area contributed by atoms with Gasteiger partial charge in [-0.05, 0) is 24.3 Å². The molecule has 0 saturated heterocycles. The van der Waals surface area contributed by atoms with E-state index in [1.54, 1.807) is 18.2 Å². The highest BCUT2D eigenvalue weighted by Gasteiger charge is 2.08. The van der Waals surface area contributed by atoms with Crippen LogP contribution in [0.5, 0.6) is 11.5 Å². The molecule has 6 heteroatoms. The van der Waals surface area contributed by atoms with Crippen molar-refractivity contribution in [1.82, 2.24) is 0 Å². The van der Waals surface area contributed by atoms with E-state index < -0.39 is 5.91 Å². The van der Waals surface area contributed by atoms with E-state index in [9.17, 15) is 9.59 Å². The SMILES string of the molecule is COc1cc(OCc2ccc(C=O)o2)cc(C(N)=O)c1. The van der Waals surface area contributed by atoms with Crippen molar-refractivity contribution in [2.45, 2.75) is 6.61 Å². The van der Waals surface area contributed by atoms with Gasteiger partial charge in [-0.15, -0.1) is 0 Å². The van der Waals surface area contributed by atoms with Crippen molar-refractivity contribution in [3.8, 4) is 11.5 Å². The molecule has 0 spiro atoms. The summed E-state index contributed by atoms with van der Waals surface area (Å²) in [6.45, 7) is 0.124. The number of amides is 1. The molecule has 2 aromatic rings. The summed E-state index contributed by atoms with van der Waals surface area (Å²) in [6, 6.07) is 7.84. The minimum Gasteiger partial charge on any atom is -0.497 e. The summed E-state index contributed by atoms with van der Waals surface area (Å²) in [6.07, 6.45) is 0.611. The first-order valence-corrected chi connectivity index (χ1v) is 5.78. The molecule has 0 aliphatic heterocycles. The quantitative estimate of drug-likeness (QED) is 0.811. The molecular formula is C14H13NO5. The molecule has 6 nitrogen and oxygen atoms in total. The number of rotatable bonds is 6. The Labute approximate surface area is 115 Å². The predicted octanol–water partition coefficient (Wildman–Crippen LogP) is 1.78. The Morgan fingerprint density at radius 3 is 2.65 bits per heavy atom. The average molecular weight is 275 g/mol. The molecule has 1 aromatic carbocycles. The molecule has 2 N–H and O–H groups in total. The molecule has 20 heavy (non-hydrogen) atoms. The fourth-order valence-corrected chi connectivity index (χ4v) is 1.61. The third-order valence-corrected chi connectivity index (χ3v) is 2.58. The number of ether oxygens (including phenoxy) is 2. The zero-order valence-corrected chi connectivity index (χ0v) is 10.8. The van der Waals surface area contributed by atoms with Crippen molar-refractivity contribution in [2.75, 3.05) is 7.11 Å². The van der Waals surface area contributed by atoms with Gasteiger partial charge in [0.15, 0.2) is 12.0 Å². The van der Waals surface area contributed by atoms with E-state index in [-0.39, 0.29) is 17.9 Å². The molecule has 104 valence electrons. The second-order valence-electron chi connectivity index (χ2n) is 3.97. The lowest BCUT2D eigenvalue weighted by Crippen LogP contribution is -2.11. The summed E-state index contributed by atoms with van der Waals surface area (Å²) >= 11 is 0. The van der Waals surface area contributed by atoms with Crippen LogP contribution in [0.2, 0.25) is 0 Å². The predicted molar refractivity (Wildman–Crippen MR) is 69.9 cm³/mol. The van der Waals surface area contributed by atoms with Crippen LogP contribution in [0.4, 0.5) is 0 Å². The molecule has 2 rings (SSSR count). The Kier molecular flexibility index (Phi) is 4.05. The van der Waals surface area contributed by atoms with Gasteiger partial charge in [0.25, 0.3) is 0 Å². The lowest BCUT2D eigenvalue weighted by atomic mass is 10.2. The summed E-state index contributed by atoms with van der Waals surface area (Å²) < 4.78 is 15.7. The lowest BCUT2D eigenvalue weighted by Gasteiger charge is -2.08. The zero-order chi connectivity index (χ0) is 14.5. The minimum absolute atomic E-state index is 0.124. The number of carbonyl (C=O) groups is 2. The van der Waals surface area contributed by atoms with E-state index in [4.69, 9.17) is 19.6 Å². The van der Waals surface area contributed by atoms with Gasteiger partial charge in [-0.1, -0.05) is 0 Å². The highest BCUT2D eigenvalue weighted by Crippen LogP contribution is 2.23. The van der Waals surface area contributed by atoms with Gasteiger partial charge in [-0.25, -0.2) is 0 Å². The molecule has 1 aromatic heterocycles. The van der Waals surface area contributed by atoms with Gasteiger partial charge in [0.05, 0.1) is 7.11 Å². The Hall–Kier alpha value is -2.76. The molecule has 1 amide bonds. The fraction of sp³-hybridized carbons (Fsp3) is 0.143. The number of aldehydes is 1. The van der Waals surface area contributed by atoms with Crippen LogP contribution in [-0.2, 0) is 6.61 Å². The van der Waals surface area contributed by atoms with Gasteiger partial charge >= 0.3 is 0 Å². The number of furan rings is 1. The van der Waals surface area contributed by atoms with E-state index in [2.05, 4.69) is 0 Å². The molecular weight excluding hydrogens is 262 g/mol. The number of carbonyl (C=O) groups excluding carboxylic acids is 2. The number of benzene rings is 1. The van der Waals surface area contributed by atoms with Crippen LogP contribution in [0.15, 0.2) is 34.7 Å². The Morgan fingerprint density at radius 2 is 2.05 bits per heavy atom. The van der Waals surface area contributed by atoms with Crippen LogP contribution in [0, 0.1) is 0 Å².